The van der Waals surface area contributed by atoms with Crippen molar-refractivity contribution in [2.75, 3.05) is 12.4 Å². The molecule has 10 nitrogen and oxygen atoms in total. The number of ether oxygens (including phenoxy) is 1. The molecule has 5 N–H and O–H groups in total. The van der Waals surface area contributed by atoms with Crippen molar-refractivity contribution in [3.8, 4) is 5.75 Å². The van der Waals surface area contributed by atoms with Gasteiger partial charge in [0.05, 0.1) is 24.4 Å². The Hall–Kier alpha value is -3.65. The van der Waals surface area contributed by atoms with Crippen LogP contribution in [0.2, 0.25) is 0 Å². The summed E-state index contributed by atoms with van der Waals surface area (Å²) in [7, 11) is 0. The van der Waals surface area contributed by atoms with Crippen LogP contribution in [-0.4, -0.2) is 78.9 Å². The lowest BCUT2D eigenvalue weighted by atomic mass is 10.1. The van der Waals surface area contributed by atoms with E-state index in [1.165, 1.54) is 18.2 Å². The third-order valence-corrected chi connectivity index (χ3v) is 9.36. The van der Waals surface area contributed by atoms with Gasteiger partial charge in [-0.2, -0.15) is 5.10 Å². The zero-order chi connectivity index (χ0) is 31.0. The van der Waals surface area contributed by atoms with E-state index < -0.39 is 36.0 Å². The van der Waals surface area contributed by atoms with Crippen molar-refractivity contribution >= 4 is 23.4 Å². The van der Waals surface area contributed by atoms with Crippen molar-refractivity contribution in [1.82, 2.24) is 20.2 Å². The van der Waals surface area contributed by atoms with Crippen LogP contribution in [0, 0.1) is 11.6 Å². The van der Waals surface area contributed by atoms with Gasteiger partial charge in [-0.15, -0.1) is 0 Å². The van der Waals surface area contributed by atoms with Gasteiger partial charge in [0.2, 0.25) is 0 Å². The number of hydrazone groups is 1. The zero-order valence-electron chi connectivity index (χ0n) is 24.1. The zero-order valence-corrected chi connectivity index (χ0v) is 24.9. The summed E-state index contributed by atoms with van der Waals surface area (Å²) in [5.41, 5.74) is 6.31. The normalized spacial score (nSPS) is 27.3. The Morgan fingerprint density at radius 1 is 1.11 bits per heavy atom. The van der Waals surface area contributed by atoms with Crippen LogP contribution in [-0.2, 0) is 4.74 Å². The molecule has 0 spiro atoms. The van der Waals surface area contributed by atoms with Crippen molar-refractivity contribution in [3.63, 3.8) is 0 Å². The molecule has 0 bridgehead atoms. The number of aliphatic hydroxyl groups is 2. The van der Waals surface area contributed by atoms with Gasteiger partial charge in [-0.1, -0.05) is 13.0 Å². The van der Waals surface area contributed by atoms with E-state index >= 15 is 0 Å². The molecule has 2 aromatic rings. The van der Waals surface area contributed by atoms with Crippen molar-refractivity contribution in [2.24, 2.45) is 5.10 Å². The highest BCUT2D eigenvalue weighted by atomic mass is 32.2. The van der Waals surface area contributed by atoms with Crippen LogP contribution in [0.25, 0.3) is 0 Å². The summed E-state index contributed by atoms with van der Waals surface area (Å²) in [5, 5.41) is 41.1. The fraction of sp³-hybridized carbons (Fsp3) is 0.419. The predicted molar refractivity (Wildman–Crippen MR) is 161 cm³/mol. The molecule has 0 unspecified atom stereocenters. The fourth-order valence-electron chi connectivity index (χ4n) is 5.78. The Balaban J connectivity index is 1.10. The molecule has 2 saturated carbocycles. The number of benzene rings is 2. The lowest BCUT2D eigenvalue weighted by Gasteiger charge is -2.32. The Morgan fingerprint density at radius 2 is 1.91 bits per heavy atom. The second-order valence-electron chi connectivity index (χ2n) is 11.4. The maximum Gasteiger partial charge on any atom is 0.165 e. The van der Waals surface area contributed by atoms with E-state index in [4.69, 9.17) is 4.74 Å². The topological polar surface area (TPSA) is 130 Å². The number of phenolic OH excluding ortho intramolecular Hbond substituents is 1. The first-order valence-corrected chi connectivity index (χ1v) is 15.7. The number of rotatable bonds is 12. The number of phenols is 1. The molecule has 13 heteroatoms. The molecule has 0 aromatic heterocycles. The third-order valence-electron chi connectivity index (χ3n) is 8.26. The highest BCUT2D eigenvalue weighted by Gasteiger charge is 2.49. The number of hydrazine groups is 1. The first-order valence-electron chi connectivity index (χ1n) is 14.7. The number of aromatic hydroxyl groups is 1. The average molecular weight is 628 g/mol. The molecular weight excluding hydrogens is 592 g/mol. The highest BCUT2D eigenvalue weighted by molar-refractivity contribution is 7.97. The van der Waals surface area contributed by atoms with Crippen LogP contribution in [0.4, 0.5) is 8.78 Å². The number of fused-ring (bicyclic) bond motifs is 1. The lowest BCUT2D eigenvalue weighted by molar-refractivity contribution is -0.0585. The van der Waals surface area contributed by atoms with Gasteiger partial charge in [0.1, 0.15) is 29.4 Å². The number of halogens is 2. The standard InChI is InChI=1S/C31H35F2N5O5S/c1-2-11-44-37-15-24(34-23-13-20(23)18-5-8-21(32)22(33)12-18)29-26(16-37)38(36-35-29)25-14-28(31(42)30(25)41)43-10-9-27(40)17-3-6-19(39)7-4-17/h3-8,12,15-16,20,23,25,28,30-31,34,36,39,41-42H,2,9-11,13-14H2,1H3/t20-,23+,25-,28-,30+,31+/m0/s1. The van der Waals surface area contributed by atoms with E-state index in [1.54, 1.807) is 35.2 Å². The van der Waals surface area contributed by atoms with Crippen molar-refractivity contribution in [2.45, 2.75) is 68.9 Å². The average Bonchev–Trinajstić information content (AvgIpc) is 3.56. The number of aliphatic hydroxyl groups excluding tert-OH is 2. The Labute approximate surface area is 258 Å². The minimum atomic E-state index is -1.17. The predicted octanol–water partition coefficient (Wildman–Crippen LogP) is 3.50. The van der Waals surface area contributed by atoms with Gasteiger partial charge in [0, 0.05) is 48.5 Å². The molecule has 44 heavy (non-hydrogen) atoms. The highest BCUT2D eigenvalue weighted by Crippen LogP contribution is 2.43. The fourth-order valence-corrected chi connectivity index (χ4v) is 6.52. The number of carbonyl (C=O) groups excluding carboxylic acids is 1. The minimum Gasteiger partial charge on any atom is -0.508 e. The summed E-state index contributed by atoms with van der Waals surface area (Å²) in [6, 6.07) is 9.44. The number of nitrogens with zero attached hydrogens (tertiary/aromatic N) is 3. The van der Waals surface area contributed by atoms with Crippen LogP contribution >= 0.6 is 11.9 Å². The Morgan fingerprint density at radius 3 is 2.66 bits per heavy atom. The van der Waals surface area contributed by atoms with Crippen molar-refractivity contribution in [3.05, 3.63) is 89.0 Å². The van der Waals surface area contributed by atoms with Crippen molar-refractivity contribution in [1.29, 1.82) is 0 Å². The number of nitrogens with one attached hydrogen (secondary N) is 2. The molecule has 234 valence electrons. The first-order chi connectivity index (χ1) is 21.2. The van der Waals surface area contributed by atoms with Gasteiger partial charge < -0.3 is 25.4 Å². The largest absolute Gasteiger partial charge is 0.508 e. The number of carbonyl (C=O) groups is 1. The molecule has 6 atom stereocenters. The molecule has 0 radical (unpaired) electrons. The number of hydrogen-bond donors (Lipinski definition) is 5. The van der Waals surface area contributed by atoms with Gasteiger partial charge in [-0.05, 0) is 66.8 Å². The maximum atomic E-state index is 13.8. The van der Waals surface area contributed by atoms with Gasteiger partial charge in [0.15, 0.2) is 17.4 Å². The summed E-state index contributed by atoms with van der Waals surface area (Å²) >= 11 is 1.61. The molecule has 0 amide bonds. The molecule has 4 aliphatic rings. The van der Waals surface area contributed by atoms with E-state index in [9.17, 15) is 28.9 Å². The maximum absolute atomic E-state index is 13.8. The van der Waals surface area contributed by atoms with Gasteiger partial charge in [0.25, 0.3) is 0 Å². The summed E-state index contributed by atoms with van der Waals surface area (Å²) in [4.78, 5) is 12.5. The SMILES string of the molecule is CCCSN1C=C(N[C@@H]2C[C@H]2c2ccc(F)c(F)c2)C2=NNN([C@H]3C[C@H](OCCC(=O)c4ccc(O)cc4)[C@@H](O)[C@@H]3O)C2=C1. The summed E-state index contributed by atoms with van der Waals surface area (Å²) < 4.78 is 35.1. The molecule has 0 saturated heterocycles. The first kappa shape index (κ1) is 30.4. The quantitative estimate of drug-likeness (QED) is 0.176. The van der Waals surface area contributed by atoms with Gasteiger partial charge >= 0.3 is 0 Å². The van der Waals surface area contributed by atoms with Gasteiger partial charge in [-0.3, -0.25) is 14.1 Å². The van der Waals surface area contributed by atoms with E-state index in [0.717, 1.165) is 35.9 Å². The number of ketones is 1. The molecule has 6 rings (SSSR count). The monoisotopic (exact) mass is 627 g/mol. The minimum absolute atomic E-state index is 0.0150. The van der Waals surface area contributed by atoms with E-state index in [-0.39, 0.29) is 42.9 Å². The molecule has 2 aromatic carbocycles. The number of hydrogen-bond acceptors (Lipinski definition) is 11. The third kappa shape index (κ3) is 6.27. The number of Topliss-reactive ketones (excluding diaryl/α,β-unsaturated/α-hetero) is 1. The van der Waals surface area contributed by atoms with Crippen LogP contribution in [0.5, 0.6) is 5.75 Å². The smallest absolute Gasteiger partial charge is 0.165 e. The molecule has 2 fully saturated rings. The van der Waals surface area contributed by atoms with Crippen LogP contribution in [0.15, 0.2) is 71.4 Å². The Kier molecular flexibility index (Phi) is 8.81. The lowest BCUT2D eigenvalue weighted by Crippen LogP contribution is -2.47. The second kappa shape index (κ2) is 12.8. The van der Waals surface area contributed by atoms with Crippen LogP contribution in [0.1, 0.15) is 54.4 Å². The van der Waals surface area contributed by atoms with E-state index in [2.05, 4.69) is 22.9 Å². The Bertz CT molecular complexity index is 1490. The summed E-state index contributed by atoms with van der Waals surface area (Å²) in [5.74, 6) is -0.896. The van der Waals surface area contributed by atoms with Gasteiger partial charge in [-0.25, -0.2) is 14.3 Å². The second-order valence-corrected chi connectivity index (χ2v) is 12.4. The summed E-state index contributed by atoms with van der Waals surface area (Å²) in [6.07, 6.45) is 2.97. The molecule has 2 aliphatic carbocycles. The van der Waals surface area contributed by atoms with Crippen molar-refractivity contribution < 1.29 is 33.6 Å². The summed E-state index contributed by atoms with van der Waals surface area (Å²) in [6.45, 7) is 2.16. The van der Waals surface area contributed by atoms with Crippen LogP contribution < -0.4 is 10.9 Å². The molecule has 2 aliphatic heterocycles. The van der Waals surface area contributed by atoms with E-state index in [0.29, 0.717) is 17.0 Å². The van der Waals surface area contributed by atoms with Crippen LogP contribution in [0.3, 0.4) is 0 Å². The molecular formula is C31H35F2N5O5S. The van der Waals surface area contributed by atoms with E-state index in [1.807, 2.05) is 16.7 Å². The molecule has 2 heterocycles.